The van der Waals surface area contributed by atoms with Gasteiger partial charge in [-0.2, -0.15) is 0 Å². The fourth-order valence-electron chi connectivity index (χ4n) is 2.50. The number of rotatable bonds is 5. The van der Waals surface area contributed by atoms with Gasteiger partial charge in [-0.15, -0.1) is 0 Å². The molecule has 3 aromatic carbocycles. The Balaban J connectivity index is 1.86. The average molecular weight is 288 g/mol. The summed E-state index contributed by atoms with van der Waals surface area (Å²) in [4.78, 5) is 0. The molecule has 0 saturated carbocycles. The van der Waals surface area contributed by atoms with E-state index in [2.05, 4.69) is 55.5 Å². The molecule has 0 fully saturated rings. The van der Waals surface area contributed by atoms with E-state index in [9.17, 15) is 0 Å². The molecule has 1 heteroatoms. The van der Waals surface area contributed by atoms with E-state index in [0.717, 1.165) is 12.2 Å². The van der Waals surface area contributed by atoms with Gasteiger partial charge in [0.2, 0.25) is 0 Å². The minimum atomic E-state index is 0.0189. The SMILES string of the molecule is Cc1ccc(C(Cc2ccccc2)Oc2ccccc2)cc1. The van der Waals surface area contributed by atoms with E-state index in [1.54, 1.807) is 0 Å². The molecule has 22 heavy (non-hydrogen) atoms. The van der Waals surface area contributed by atoms with Crippen LogP contribution in [0.5, 0.6) is 5.75 Å². The first-order valence-corrected chi connectivity index (χ1v) is 7.63. The third-order valence-electron chi connectivity index (χ3n) is 3.73. The molecule has 0 spiro atoms. The van der Waals surface area contributed by atoms with Gasteiger partial charge in [0.15, 0.2) is 0 Å². The van der Waals surface area contributed by atoms with Crippen LogP contribution < -0.4 is 4.74 Å². The maximum absolute atomic E-state index is 6.24. The molecule has 0 aliphatic rings. The lowest BCUT2D eigenvalue weighted by atomic mass is 10.0. The van der Waals surface area contributed by atoms with Crippen molar-refractivity contribution >= 4 is 0 Å². The zero-order valence-corrected chi connectivity index (χ0v) is 12.8. The lowest BCUT2D eigenvalue weighted by Gasteiger charge is -2.20. The fourth-order valence-corrected chi connectivity index (χ4v) is 2.50. The summed E-state index contributed by atoms with van der Waals surface area (Å²) in [5.41, 5.74) is 3.75. The van der Waals surface area contributed by atoms with Gasteiger partial charge in [-0.05, 0) is 30.2 Å². The molecule has 0 radical (unpaired) electrons. The van der Waals surface area contributed by atoms with Crippen molar-refractivity contribution in [1.29, 1.82) is 0 Å². The Bertz CT molecular complexity index is 645. The largest absolute Gasteiger partial charge is 0.485 e. The lowest BCUT2D eigenvalue weighted by Crippen LogP contribution is -2.11. The Morgan fingerprint density at radius 1 is 0.727 bits per heavy atom. The monoisotopic (exact) mass is 288 g/mol. The van der Waals surface area contributed by atoms with Crippen LogP contribution in [-0.2, 0) is 6.42 Å². The molecule has 0 aliphatic heterocycles. The quantitative estimate of drug-likeness (QED) is 0.614. The van der Waals surface area contributed by atoms with Crippen molar-refractivity contribution in [1.82, 2.24) is 0 Å². The molecule has 0 heterocycles. The third kappa shape index (κ3) is 3.76. The molecular weight excluding hydrogens is 268 g/mol. The molecule has 0 bridgehead atoms. The summed E-state index contributed by atoms with van der Waals surface area (Å²) in [5.74, 6) is 0.906. The molecule has 1 nitrogen and oxygen atoms in total. The van der Waals surface area contributed by atoms with E-state index in [0.29, 0.717) is 0 Å². The van der Waals surface area contributed by atoms with Crippen LogP contribution in [0.15, 0.2) is 84.9 Å². The van der Waals surface area contributed by atoms with Crippen LogP contribution in [0.3, 0.4) is 0 Å². The highest BCUT2D eigenvalue weighted by atomic mass is 16.5. The Morgan fingerprint density at radius 2 is 1.32 bits per heavy atom. The van der Waals surface area contributed by atoms with Crippen LogP contribution in [0.4, 0.5) is 0 Å². The minimum absolute atomic E-state index is 0.0189. The van der Waals surface area contributed by atoms with Gasteiger partial charge >= 0.3 is 0 Å². The van der Waals surface area contributed by atoms with Crippen LogP contribution in [0, 0.1) is 6.92 Å². The maximum atomic E-state index is 6.24. The van der Waals surface area contributed by atoms with Crippen LogP contribution in [0.25, 0.3) is 0 Å². The molecule has 0 saturated heterocycles. The van der Waals surface area contributed by atoms with Gasteiger partial charge in [0.1, 0.15) is 11.9 Å². The molecule has 0 aromatic heterocycles. The Kier molecular flexibility index (Phi) is 4.55. The summed E-state index contributed by atoms with van der Waals surface area (Å²) in [6, 6.07) is 29.1. The number of hydrogen-bond donors (Lipinski definition) is 0. The average Bonchev–Trinajstić information content (AvgIpc) is 2.57. The molecule has 3 rings (SSSR count). The van der Waals surface area contributed by atoms with Crippen molar-refractivity contribution in [2.45, 2.75) is 19.4 Å². The van der Waals surface area contributed by atoms with Crippen LogP contribution in [-0.4, -0.2) is 0 Å². The minimum Gasteiger partial charge on any atom is -0.485 e. The number of para-hydroxylation sites is 1. The molecule has 0 aliphatic carbocycles. The Morgan fingerprint density at radius 3 is 1.95 bits per heavy atom. The summed E-state index contributed by atoms with van der Waals surface area (Å²) >= 11 is 0. The summed E-state index contributed by atoms with van der Waals surface area (Å²) in [7, 11) is 0. The number of benzene rings is 3. The van der Waals surface area contributed by atoms with E-state index in [-0.39, 0.29) is 6.10 Å². The molecule has 3 aromatic rings. The maximum Gasteiger partial charge on any atom is 0.128 e. The highest BCUT2D eigenvalue weighted by Gasteiger charge is 2.14. The summed E-state index contributed by atoms with van der Waals surface area (Å²) in [5, 5.41) is 0. The van der Waals surface area contributed by atoms with E-state index < -0.39 is 0 Å². The lowest BCUT2D eigenvalue weighted by molar-refractivity contribution is 0.206. The van der Waals surface area contributed by atoms with E-state index in [4.69, 9.17) is 4.74 Å². The number of aryl methyl sites for hydroxylation is 1. The molecule has 0 N–H and O–H groups in total. The standard InChI is InChI=1S/C21H20O/c1-17-12-14-19(15-13-17)21(16-18-8-4-2-5-9-18)22-20-10-6-3-7-11-20/h2-15,21H,16H2,1H3. The van der Waals surface area contributed by atoms with Gasteiger partial charge in [0.05, 0.1) is 0 Å². The van der Waals surface area contributed by atoms with Gasteiger partial charge in [-0.25, -0.2) is 0 Å². The Hall–Kier alpha value is -2.54. The van der Waals surface area contributed by atoms with Crippen molar-refractivity contribution in [2.24, 2.45) is 0 Å². The first-order chi connectivity index (χ1) is 10.8. The molecular formula is C21H20O. The predicted molar refractivity (Wildman–Crippen MR) is 91.1 cm³/mol. The van der Waals surface area contributed by atoms with E-state index in [1.165, 1.54) is 16.7 Å². The second-order valence-corrected chi connectivity index (χ2v) is 5.52. The van der Waals surface area contributed by atoms with Gasteiger partial charge < -0.3 is 4.74 Å². The highest BCUT2D eigenvalue weighted by Crippen LogP contribution is 2.25. The zero-order chi connectivity index (χ0) is 15.2. The second kappa shape index (κ2) is 6.95. The first-order valence-electron chi connectivity index (χ1n) is 7.63. The molecule has 1 unspecified atom stereocenters. The van der Waals surface area contributed by atoms with Gasteiger partial charge in [0.25, 0.3) is 0 Å². The number of ether oxygens (including phenoxy) is 1. The van der Waals surface area contributed by atoms with Crippen molar-refractivity contribution in [3.8, 4) is 5.75 Å². The number of hydrogen-bond acceptors (Lipinski definition) is 1. The molecule has 0 amide bonds. The van der Waals surface area contributed by atoms with E-state index in [1.807, 2.05) is 36.4 Å². The topological polar surface area (TPSA) is 9.23 Å². The fraction of sp³-hybridized carbons (Fsp3) is 0.143. The molecule has 110 valence electrons. The van der Waals surface area contributed by atoms with Crippen LogP contribution in [0.1, 0.15) is 22.8 Å². The van der Waals surface area contributed by atoms with Crippen molar-refractivity contribution < 1.29 is 4.74 Å². The van der Waals surface area contributed by atoms with Gasteiger partial charge in [-0.3, -0.25) is 0 Å². The van der Waals surface area contributed by atoms with Crippen LogP contribution in [0.2, 0.25) is 0 Å². The second-order valence-electron chi connectivity index (χ2n) is 5.52. The van der Waals surface area contributed by atoms with E-state index >= 15 is 0 Å². The van der Waals surface area contributed by atoms with Crippen molar-refractivity contribution in [3.05, 3.63) is 102 Å². The smallest absolute Gasteiger partial charge is 0.128 e. The Labute approximate surface area is 132 Å². The van der Waals surface area contributed by atoms with Gasteiger partial charge in [-0.1, -0.05) is 78.4 Å². The summed E-state index contributed by atoms with van der Waals surface area (Å²) in [6.07, 6.45) is 0.879. The highest BCUT2D eigenvalue weighted by molar-refractivity contribution is 5.28. The third-order valence-corrected chi connectivity index (χ3v) is 3.73. The normalized spacial score (nSPS) is 11.9. The van der Waals surface area contributed by atoms with Crippen molar-refractivity contribution in [3.63, 3.8) is 0 Å². The summed E-state index contributed by atoms with van der Waals surface area (Å²) < 4.78 is 6.24. The predicted octanol–water partition coefficient (Wildman–Crippen LogP) is 5.36. The molecule has 1 atom stereocenters. The zero-order valence-electron chi connectivity index (χ0n) is 12.8. The van der Waals surface area contributed by atoms with Crippen LogP contribution >= 0.6 is 0 Å². The first kappa shape index (κ1) is 14.4. The van der Waals surface area contributed by atoms with Gasteiger partial charge in [0, 0.05) is 6.42 Å². The summed E-state index contributed by atoms with van der Waals surface area (Å²) in [6.45, 7) is 2.11. The van der Waals surface area contributed by atoms with Crippen molar-refractivity contribution in [2.75, 3.05) is 0 Å².